The van der Waals surface area contributed by atoms with Crippen LogP contribution < -0.4 is 0 Å². The molecule has 12 heavy (non-hydrogen) atoms. The second-order valence-corrected chi connectivity index (χ2v) is 2.33. The zero-order valence-electron chi connectivity index (χ0n) is 7.53. The Kier molecular flexibility index (Phi) is 6.02. The van der Waals surface area contributed by atoms with E-state index >= 15 is 0 Å². The third kappa shape index (κ3) is 3.35. The summed E-state index contributed by atoms with van der Waals surface area (Å²) >= 11 is 0. The molecule has 1 N–H and O–H groups in total. The minimum atomic E-state index is -0.291. The summed E-state index contributed by atoms with van der Waals surface area (Å²) in [4.78, 5) is 0. The molecule has 1 aromatic rings. The van der Waals surface area contributed by atoms with Crippen LogP contribution in [0.25, 0.3) is 0 Å². The van der Waals surface area contributed by atoms with Crippen molar-refractivity contribution in [2.24, 2.45) is 0 Å². The second kappa shape index (κ2) is 6.62. The summed E-state index contributed by atoms with van der Waals surface area (Å²) in [7, 11) is 0. The summed E-state index contributed by atoms with van der Waals surface area (Å²) in [6.07, 6.45) is 0.491. The van der Waals surface area contributed by atoms with Gasteiger partial charge in [0.2, 0.25) is 0 Å². The van der Waals surface area contributed by atoms with Gasteiger partial charge < -0.3 is 5.11 Å². The second-order valence-electron chi connectivity index (χ2n) is 2.33. The lowest BCUT2D eigenvalue weighted by atomic mass is 10.1. The van der Waals surface area contributed by atoms with Crippen LogP contribution >= 0.6 is 0 Å². The van der Waals surface area contributed by atoms with Crippen LogP contribution in [0.4, 0.5) is 0 Å². The minimum Gasteiger partial charge on any atom is -0.388 e. The first-order valence-electron chi connectivity index (χ1n) is 4.07. The first-order valence-corrected chi connectivity index (χ1v) is 4.07. The SMILES string of the molecule is C=C.CCC(O)c1ccccc1. The van der Waals surface area contributed by atoms with Gasteiger partial charge in [-0.25, -0.2) is 0 Å². The summed E-state index contributed by atoms with van der Waals surface area (Å²) in [5, 5.41) is 9.33. The molecule has 0 saturated heterocycles. The lowest BCUT2D eigenvalue weighted by Gasteiger charge is -2.05. The summed E-state index contributed by atoms with van der Waals surface area (Å²) < 4.78 is 0. The molecule has 0 fully saturated rings. The highest BCUT2D eigenvalue weighted by atomic mass is 16.3. The number of hydrogen-bond acceptors (Lipinski definition) is 1. The van der Waals surface area contributed by atoms with E-state index in [1.165, 1.54) is 0 Å². The Labute approximate surface area is 74.4 Å². The first kappa shape index (κ1) is 10.9. The first-order chi connectivity index (χ1) is 5.84. The Morgan fingerprint density at radius 1 is 1.25 bits per heavy atom. The van der Waals surface area contributed by atoms with Gasteiger partial charge in [0, 0.05) is 0 Å². The van der Waals surface area contributed by atoms with Gasteiger partial charge in [-0.3, -0.25) is 0 Å². The standard InChI is InChI=1S/C9H12O.C2H4/c1-2-9(10)8-6-4-3-5-7-8;1-2/h3-7,9-10H,2H2,1H3;1-2H2. The van der Waals surface area contributed by atoms with Gasteiger partial charge >= 0.3 is 0 Å². The van der Waals surface area contributed by atoms with E-state index in [4.69, 9.17) is 0 Å². The molecular formula is C11H16O. The Morgan fingerprint density at radius 2 is 1.75 bits per heavy atom. The molecule has 0 aliphatic rings. The van der Waals surface area contributed by atoms with Gasteiger partial charge in [0.25, 0.3) is 0 Å². The molecule has 1 atom stereocenters. The van der Waals surface area contributed by atoms with E-state index in [9.17, 15) is 5.11 Å². The highest BCUT2D eigenvalue weighted by Gasteiger charge is 2.00. The van der Waals surface area contributed by atoms with Crippen LogP contribution in [0.1, 0.15) is 25.0 Å². The fraction of sp³-hybridized carbons (Fsp3) is 0.273. The van der Waals surface area contributed by atoms with E-state index < -0.39 is 0 Å². The number of benzene rings is 1. The van der Waals surface area contributed by atoms with Crippen molar-refractivity contribution in [3.05, 3.63) is 49.1 Å². The predicted molar refractivity (Wildman–Crippen MR) is 52.9 cm³/mol. The highest BCUT2D eigenvalue weighted by molar-refractivity contribution is 5.16. The van der Waals surface area contributed by atoms with Crippen LogP contribution in [0.15, 0.2) is 43.5 Å². The molecule has 0 heterocycles. The Morgan fingerprint density at radius 3 is 2.17 bits per heavy atom. The largest absolute Gasteiger partial charge is 0.388 e. The lowest BCUT2D eigenvalue weighted by Crippen LogP contribution is -1.93. The van der Waals surface area contributed by atoms with Gasteiger partial charge in [-0.2, -0.15) is 0 Å². The molecule has 1 heteroatoms. The smallest absolute Gasteiger partial charge is 0.0787 e. The average molecular weight is 164 g/mol. The summed E-state index contributed by atoms with van der Waals surface area (Å²) in [5.41, 5.74) is 1.00. The third-order valence-corrected chi connectivity index (χ3v) is 1.57. The Balaban J connectivity index is 0.000000561. The summed E-state index contributed by atoms with van der Waals surface area (Å²) in [6.45, 7) is 7.97. The molecule has 1 rings (SSSR count). The molecule has 1 aromatic carbocycles. The van der Waals surface area contributed by atoms with Gasteiger partial charge in [-0.05, 0) is 12.0 Å². The van der Waals surface area contributed by atoms with E-state index in [1.54, 1.807) is 0 Å². The van der Waals surface area contributed by atoms with Crippen molar-refractivity contribution < 1.29 is 5.11 Å². The lowest BCUT2D eigenvalue weighted by molar-refractivity contribution is 0.173. The fourth-order valence-corrected chi connectivity index (χ4v) is 0.911. The maximum absolute atomic E-state index is 9.33. The van der Waals surface area contributed by atoms with Gasteiger partial charge in [0.1, 0.15) is 0 Å². The Bertz CT molecular complexity index is 193. The van der Waals surface area contributed by atoms with Crippen molar-refractivity contribution in [2.75, 3.05) is 0 Å². The van der Waals surface area contributed by atoms with E-state index in [0.717, 1.165) is 12.0 Å². The number of aliphatic hydroxyl groups is 1. The fourth-order valence-electron chi connectivity index (χ4n) is 0.911. The van der Waals surface area contributed by atoms with Crippen molar-refractivity contribution in [1.29, 1.82) is 0 Å². The number of hydrogen-bond donors (Lipinski definition) is 1. The van der Waals surface area contributed by atoms with Crippen LogP contribution in [-0.2, 0) is 0 Å². The zero-order chi connectivity index (χ0) is 9.40. The molecule has 0 amide bonds. The molecule has 1 unspecified atom stereocenters. The third-order valence-electron chi connectivity index (χ3n) is 1.57. The van der Waals surface area contributed by atoms with E-state index in [-0.39, 0.29) is 6.10 Å². The van der Waals surface area contributed by atoms with Gasteiger partial charge in [-0.1, -0.05) is 37.3 Å². The van der Waals surface area contributed by atoms with Crippen LogP contribution in [0, 0.1) is 0 Å². The van der Waals surface area contributed by atoms with Crippen LogP contribution in [0.2, 0.25) is 0 Å². The summed E-state index contributed by atoms with van der Waals surface area (Å²) in [5.74, 6) is 0. The van der Waals surface area contributed by atoms with Crippen molar-refractivity contribution in [3.63, 3.8) is 0 Å². The van der Waals surface area contributed by atoms with Gasteiger partial charge in [0.15, 0.2) is 0 Å². The molecule has 0 spiro atoms. The maximum Gasteiger partial charge on any atom is 0.0787 e. The molecule has 0 aliphatic carbocycles. The van der Waals surface area contributed by atoms with Crippen LogP contribution in [-0.4, -0.2) is 5.11 Å². The molecule has 0 aliphatic heterocycles. The quantitative estimate of drug-likeness (QED) is 0.666. The molecule has 66 valence electrons. The molecule has 0 aromatic heterocycles. The van der Waals surface area contributed by atoms with Crippen molar-refractivity contribution in [1.82, 2.24) is 0 Å². The normalized spacial score (nSPS) is 11.2. The van der Waals surface area contributed by atoms with E-state index in [0.29, 0.717) is 0 Å². The zero-order valence-corrected chi connectivity index (χ0v) is 7.53. The van der Waals surface area contributed by atoms with Gasteiger partial charge in [0.05, 0.1) is 6.10 Å². The highest BCUT2D eigenvalue weighted by Crippen LogP contribution is 2.14. The average Bonchev–Trinajstić information content (AvgIpc) is 2.21. The van der Waals surface area contributed by atoms with Crippen molar-refractivity contribution in [2.45, 2.75) is 19.4 Å². The summed E-state index contributed by atoms with van der Waals surface area (Å²) in [6, 6.07) is 9.70. The van der Waals surface area contributed by atoms with E-state index in [1.807, 2.05) is 37.3 Å². The van der Waals surface area contributed by atoms with E-state index in [2.05, 4.69) is 13.2 Å². The molecule has 0 saturated carbocycles. The Hall–Kier alpha value is -1.08. The molecule has 0 bridgehead atoms. The van der Waals surface area contributed by atoms with Gasteiger partial charge in [-0.15, -0.1) is 13.2 Å². The molecular weight excluding hydrogens is 148 g/mol. The molecule has 0 radical (unpaired) electrons. The minimum absolute atomic E-state index is 0.291. The number of aliphatic hydroxyl groups excluding tert-OH is 1. The van der Waals surface area contributed by atoms with Crippen LogP contribution in [0.3, 0.4) is 0 Å². The number of rotatable bonds is 2. The maximum atomic E-state index is 9.33. The van der Waals surface area contributed by atoms with Crippen LogP contribution in [0.5, 0.6) is 0 Å². The van der Waals surface area contributed by atoms with Crippen molar-refractivity contribution >= 4 is 0 Å². The monoisotopic (exact) mass is 164 g/mol. The molecule has 1 nitrogen and oxygen atoms in total. The van der Waals surface area contributed by atoms with Crippen molar-refractivity contribution in [3.8, 4) is 0 Å². The predicted octanol–water partition coefficient (Wildman–Crippen LogP) is 2.93. The topological polar surface area (TPSA) is 20.2 Å².